The SMILES string of the molecule is CCC1CCN(C2CCCCC2C(=O)O)CC1. The molecular formula is C14H25NO2. The summed E-state index contributed by atoms with van der Waals surface area (Å²) in [6.07, 6.45) is 8.09. The van der Waals surface area contributed by atoms with Gasteiger partial charge in [-0.1, -0.05) is 26.2 Å². The van der Waals surface area contributed by atoms with Gasteiger partial charge in [-0.15, -0.1) is 0 Å². The van der Waals surface area contributed by atoms with Crippen LogP contribution in [0.1, 0.15) is 51.9 Å². The van der Waals surface area contributed by atoms with Gasteiger partial charge in [-0.2, -0.15) is 0 Å². The van der Waals surface area contributed by atoms with Crippen LogP contribution in [0.3, 0.4) is 0 Å². The largest absolute Gasteiger partial charge is 0.481 e. The molecule has 0 aromatic rings. The maximum absolute atomic E-state index is 11.3. The molecule has 3 heteroatoms. The monoisotopic (exact) mass is 239 g/mol. The summed E-state index contributed by atoms with van der Waals surface area (Å²) in [5.41, 5.74) is 0. The molecule has 1 saturated carbocycles. The lowest BCUT2D eigenvalue weighted by molar-refractivity contribution is -0.146. The Morgan fingerprint density at radius 2 is 1.82 bits per heavy atom. The van der Waals surface area contributed by atoms with Gasteiger partial charge < -0.3 is 5.11 Å². The van der Waals surface area contributed by atoms with Crippen LogP contribution in [-0.4, -0.2) is 35.1 Å². The molecule has 17 heavy (non-hydrogen) atoms. The normalized spacial score (nSPS) is 32.5. The van der Waals surface area contributed by atoms with Crippen molar-refractivity contribution in [1.82, 2.24) is 4.90 Å². The number of hydrogen-bond donors (Lipinski definition) is 1. The molecule has 1 aliphatic carbocycles. The van der Waals surface area contributed by atoms with Gasteiger partial charge in [-0.05, 0) is 44.7 Å². The van der Waals surface area contributed by atoms with E-state index < -0.39 is 5.97 Å². The van der Waals surface area contributed by atoms with Crippen molar-refractivity contribution in [2.75, 3.05) is 13.1 Å². The van der Waals surface area contributed by atoms with Crippen molar-refractivity contribution in [3.63, 3.8) is 0 Å². The Morgan fingerprint density at radius 1 is 1.18 bits per heavy atom. The molecule has 2 rings (SSSR count). The average Bonchev–Trinajstić information content (AvgIpc) is 2.39. The molecular weight excluding hydrogens is 214 g/mol. The van der Waals surface area contributed by atoms with Crippen LogP contribution in [-0.2, 0) is 4.79 Å². The lowest BCUT2D eigenvalue weighted by Crippen LogP contribution is -2.48. The minimum atomic E-state index is -0.577. The molecule has 0 radical (unpaired) electrons. The standard InChI is InChI=1S/C14H25NO2/c1-2-11-7-9-15(10-8-11)13-6-4-3-5-12(13)14(16)17/h11-13H,2-10H2,1H3,(H,16,17). The van der Waals surface area contributed by atoms with Crippen LogP contribution in [0.2, 0.25) is 0 Å². The summed E-state index contributed by atoms with van der Waals surface area (Å²) in [6, 6.07) is 0.319. The summed E-state index contributed by atoms with van der Waals surface area (Å²) in [6.45, 7) is 4.50. The third-order valence-corrected chi connectivity index (χ3v) is 4.74. The van der Waals surface area contributed by atoms with E-state index in [-0.39, 0.29) is 5.92 Å². The smallest absolute Gasteiger partial charge is 0.308 e. The first-order valence-corrected chi connectivity index (χ1v) is 7.19. The summed E-state index contributed by atoms with van der Waals surface area (Å²) in [4.78, 5) is 13.8. The predicted octanol–water partition coefficient (Wildman–Crippen LogP) is 2.75. The topological polar surface area (TPSA) is 40.5 Å². The fourth-order valence-corrected chi connectivity index (χ4v) is 3.53. The maximum atomic E-state index is 11.3. The van der Waals surface area contributed by atoms with Gasteiger partial charge in [0.25, 0.3) is 0 Å². The molecule has 98 valence electrons. The van der Waals surface area contributed by atoms with Gasteiger partial charge in [-0.3, -0.25) is 9.69 Å². The first-order chi connectivity index (χ1) is 8.22. The third-order valence-electron chi connectivity index (χ3n) is 4.74. The van der Waals surface area contributed by atoms with Crippen molar-refractivity contribution in [3.05, 3.63) is 0 Å². The molecule has 1 saturated heterocycles. The molecule has 1 heterocycles. The second-order valence-electron chi connectivity index (χ2n) is 5.68. The fourth-order valence-electron chi connectivity index (χ4n) is 3.53. The van der Waals surface area contributed by atoms with E-state index in [4.69, 9.17) is 0 Å². The van der Waals surface area contributed by atoms with Gasteiger partial charge in [0.1, 0.15) is 0 Å². The second-order valence-corrected chi connectivity index (χ2v) is 5.68. The number of carboxylic acids is 1. The van der Waals surface area contributed by atoms with Crippen LogP contribution in [0.5, 0.6) is 0 Å². The number of nitrogens with zero attached hydrogens (tertiary/aromatic N) is 1. The van der Waals surface area contributed by atoms with Crippen LogP contribution in [0.15, 0.2) is 0 Å². The second kappa shape index (κ2) is 5.85. The number of aliphatic carboxylic acids is 1. The fraction of sp³-hybridized carbons (Fsp3) is 0.929. The zero-order valence-electron chi connectivity index (χ0n) is 10.9. The number of carbonyl (C=O) groups is 1. The summed E-state index contributed by atoms with van der Waals surface area (Å²) in [5, 5.41) is 9.31. The molecule has 2 aliphatic rings. The molecule has 1 N–H and O–H groups in total. The van der Waals surface area contributed by atoms with E-state index in [1.807, 2.05) is 0 Å². The molecule has 2 fully saturated rings. The van der Waals surface area contributed by atoms with Crippen LogP contribution < -0.4 is 0 Å². The molecule has 2 atom stereocenters. The molecule has 1 aliphatic heterocycles. The van der Waals surface area contributed by atoms with E-state index in [0.717, 1.165) is 38.3 Å². The third kappa shape index (κ3) is 3.01. The number of likely N-dealkylation sites (tertiary alicyclic amines) is 1. The summed E-state index contributed by atoms with van der Waals surface area (Å²) in [7, 11) is 0. The lowest BCUT2D eigenvalue weighted by atomic mass is 9.82. The molecule has 0 aromatic heterocycles. The van der Waals surface area contributed by atoms with E-state index in [9.17, 15) is 9.90 Å². The van der Waals surface area contributed by atoms with Crippen LogP contribution in [0, 0.1) is 11.8 Å². The van der Waals surface area contributed by atoms with Gasteiger partial charge >= 0.3 is 5.97 Å². The van der Waals surface area contributed by atoms with Crippen LogP contribution >= 0.6 is 0 Å². The Kier molecular flexibility index (Phi) is 4.43. The molecule has 0 amide bonds. The molecule has 3 nitrogen and oxygen atoms in total. The van der Waals surface area contributed by atoms with Crippen molar-refractivity contribution in [1.29, 1.82) is 0 Å². The number of rotatable bonds is 3. The molecule has 0 bridgehead atoms. The highest BCUT2D eigenvalue weighted by atomic mass is 16.4. The minimum absolute atomic E-state index is 0.109. The number of carboxylic acid groups (broad SMARTS) is 1. The molecule has 0 aromatic carbocycles. The molecule has 0 spiro atoms. The van der Waals surface area contributed by atoms with E-state index >= 15 is 0 Å². The van der Waals surface area contributed by atoms with Gasteiger partial charge in [-0.25, -0.2) is 0 Å². The van der Waals surface area contributed by atoms with Gasteiger partial charge in [0.15, 0.2) is 0 Å². The average molecular weight is 239 g/mol. The highest BCUT2D eigenvalue weighted by Crippen LogP contribution is 2.32. The number of piperidine rings is 1. The molecule has 2 unspecified atom stereocenters. The number of hydrogen-bond acceptors (Lipinski definition) is 2. The predicted molar refractivity (Wildman–Crippen MR) is 68.0 cm³/mol. The van der Waals surface area contributed by atoms with E-state index in [0.29, 0.717) is 6.04 Å². The Bertz CT molecular complexity index is 259. The lowest BCUT2D eigenvalue weighted by Gasteiger charge is -2.41. The Labute approximate surface area is 104 Å². The van der Waals surface area contributed by atoms with Crippen LogP contribution in [0.25, 0.3) is 0 Å². The first-order valence-electron chi connectivity index (χ1n) is 7.19. The highest BCUT2D eigenvalue weighted by molar-refractivity contribution is 5.71. The summed E-state index contributed by atoms with van der Waals surface area (Å²) >= 11 is 0. The summed E-state index contributed by atoms with van der Waals surface area (Å²) < 4.78 is 0. The van der Waals surface area contributed by atoms with E-state index in [1.54, 1.807) is 0 Å². The quantitative estimate of drug-likeness (QED) is 0.823. The van der Waals surface area contributed by atoms with Gasteiger partial charge in [0, 0.05) is 6.04 Å². The van der Waals surface area contributed by atoms with Crippen molar-refractivity contribution < 1.29 is 9.90 Å². The maximum Gasteiger partial charge on any atom is 0.308 e. The minimum Gasteiger partial charge on any atom is -0.481 e. The highest BCUT2D eigenvalue weighted by Gasteiger charge is 2.35. The van der Waals surface area contributed by atoms with Crippen LogP contribution in [0.4, 0.5) is 0 Å². The van der Waals surface area contributed by atoms with Gasteiger partial charge in [0.05, 0.1) is 5.92 Å². The van der Waals surface area contributed by atoms with Gasteiger partial charge in [0.2, 0.25) is 0 Å². The Morgan fingerprint density at radius 3 is 2.41 bits per heavy atom. The van der Waals surface area contributed by atoms with Crippen molar-refractivity contribution in [3.8, 4) is 0 Å². The van der Waals surface area contributed by atoms with E-state index in [2.05, 4.69) is 11.8 Å². The van der Waals surface area contributed by atoms with Crippen molar-refractivity contribution >= 4 is 5.97 Å². The Balaban J connectivity index is 1.93. The first kappa shape index (κ1) is 12.9. The zero-order valence-corrected chi connectivity index (χ0v) is 10.9. The summed E-state index contributed by atoms with van der Waals surface area (Å²) in [5.74, 6) is 0.187. The van der Waals surface area contributed by atoms with Crippen molar-refractivity contribution in [2.45, 2.75) is 57.9 Å². The zero-order chi connectivity index (χ0) is 12.3. The van der Waals surface area contributed by atoms with E-state index in [1.165, 1.54) is 25.7 Å². The van der Waals surface area contributed by atoms with Crippen molar-refractivity contribution in [2.24, 2.45) is 11.8 Å². The Hall–Kier alpha value is -0.570.